The van der Waals surface area contributed by atoms with Gasteiger partial charge in [-0.1, -0.05) is 45.5 Å². The molecule has 6 heteroatoms. The smallest absolute Gasteiger partial charge is 0.275 e. The Labute approximate surface area is 135 Å². The lowest BCUT2D eigenvalue weighted by atomic mass is 9.89. The van der Waals surface area contributed by atoms with Crippen molar-refractivity contribution in [3.05, 3.63) is 22.1 Å². The van der Waals surface area contributed by atoms with E-state index in [4.69, 9.17) is 0 Å². The van der Waals surface area contributed by atoms with Crippen LogP contribution in [-0.4, -0.2) is 20.6 Å². The lowest BCUT2D eigenvalue weighted by Crippen LogP contribution is -2.19. The van der Waals surface area contributed by atoms with Gasteiger partial charge in [-0.05, 0) is 31.6 Å². The van der Waals surface area contributed by atoms with E-state index in [-0.39, 0.29) is 5.56 Å². The van der Waals surface area contributed by atoms with Crippen LogP contribution in [0, 0.1) is 5.41 Å². The zero-order valence-corrected chi connectivity index (χ0v) is 15.0. The third-order valence-electron chi connectivity index (χ3n) is 3.50. The molecule has 5 nitrogen and oxygen atoms in total. The van der Waals surface area contributed by atoms with Gasteiger partial charge in [-0.15, -0.1) is 5.10 Å². The molecule has 1 atom stereocenters. The van der Waals surface area contributed by atoms with Crippen LogP contribution in [0.1, 0.15) is 59.6 Å². The first kappa shape index (κ1) is 16.9. The van der Waals surface area contributed by atoms with Crippen molar-refractivity contribution in [2.75, 3.05) is 5.32 Å². The van der Waals surface area contributed by atoms with Gasteiger partial charge in [-0.3, -0.25) is 4.79 Å². The van der Waals surface area contributed by atoms with Gasteiger partial charge in [0.1, 0.15) is 0 Å². The van der Waals surface area contributed by atoms with Gasteiger partial charge in [-0.25, -0.2) is 4.98 Å². The van der Waals surface area contributed by atoms with E-state index in [1.807, 2.05) is 0 Å². The summed E-state index contributed by atoms with van der Waals surface area (Å²) in [6.45, 7) is 11.0. The molecule has 0 aromatic carbocycles. The number of anilines is 1. The highest BCUT2D eigenvalue weighted by Gasteiger charge is 2.14. The molecular weight excluding hydrogens is 296 g/mol. The number of hydrogen-bond donors (Lipinski definition) is 1. The van der Waals surface area contributed by atoms with Gasteiger partial charge in [0.15, 0.2) is 0 Å². The number of nitrogens with one attached hydrogen (secondary N) is 1. The van der Waals surface area contributed by atoms with Gasteiger partial charge in [0, 0.05) is 17.8 Å². The van der Waals surface area contributed by atoms with Crippen molar-refractivity contribution in [2.45, 2.75) is 66.3 Å². The van der Waals surface area contributed by atoms with E-state index >= 15 is 0 Å². The van der Waals surface area contributed by atoms with Crippen LogP contribution in [0.5, 0.6) is 0 Å². The minimum absolute atomic E-state index is 0.0971. The third-order valence-corrected chi connectivity index (χ3v) is 4.34. The lowest BCUT2D eigenvalue weighted by Gasteiger charge is -2.21. The van der Waals surface area contributed by atoms with Gasteiger partial charge >= 0.3 is 0 Å². The third kappa shape index (κ3) is 4.53. The molecule has 0 radical (unpaired) electrons. The summed E-state index contributed by atoms with van der Waals surface area (Å²) in [5.74, 6) is 0. The highest BCUT2D eigenvalue weighted by atomic mass is 32.1. The van der Waals surface area contributed by atoms with E-state index in [2.05, 4.69) is 50.0 Å². The highest BCUT2D eigenvalue weighted by molar-refractivity contribution is 7.20. The maximum atomic E-state index is 12.1. The van der Waals surface area contributed by atoms with Gasteiger partial charge in [0.2, 0.25) is 10.1 Å². The highest BCUT2D eigenvalue weighted by Crippen LogP contribution is 2.24. The Bertz CT molecular complexity index is 683. The standard InChI is InChI=1S/C16H26N4OS/c1-6-7-12-10-13(21)20-15(18-12)22-14(19-20)17-11(2)8-9-16(3,4)5/h10-11H,6-9H2,1-5H3,(H,17,19). The number of nitrogens with zero attached hydrogens (tertiary/aromatic N) is 3. The predicted octanol–water partition coefficient (Wildman–Crippen LogP) is 3.73. The number of aromatic nitrogens is 3. The Morgan fingerprint density at radius 1 is 1.41 bits per heavy atom. The first-order valence-corrected chi connectivity index (χ1v) is 8.76. The molecule has 0 amide bonds. The molecule has 1 unspecified atom stereocenters. The predicted molar refractivity (Wildman–Crippen MR) is 92.9 cm³/mol. The minimum atomic E-state index is -0.0971. The molecule has 0 saturated heterocycles. The first-order valence-electron chi connectivity index (χ1n) is 7.95. The number of fused-ring (bicyclic) bond motifs is 1. The van der Waals surface area contributed by atoms with Gasteiger partial charge in [0.05, 0.1) is 0 Å². The molecule has 0 bridgehead atoms. The fraction of sp³-hybridized carbons (Fsp3) is 0.688. The maximum Gasteiger partial charge on any atom is 0.275 e. The van der Waals surface area contributed by atoms with Crippen molar-refractivity contribution in [2.24, 2.45) is 5.41 Å². The molecule has 1 N–H and O–H groups in total. The van der Waals surface area contributed by atoms with Crippen molar-refractivity contribution >= 4 is 21.4 Å². The maximum absolute atomic E-state index is 12.1. The Balaban J connectivity index is 2.12. The van der Waals surface area contributed by atoms with Crippen molar-refractivity contribution in [3.8, 4) is 0 Å². The second-order valence-electron chi connectivity index (χ2n) is 7.08. The molecule has 2 heterocycles. The fourth-order valence-electron chi connectivity index (χ4n) is 2.23. The molecule has 0 aliphatic heterocycles. The molecule has 122 valence electrons. The Morgan fingerprint density at radius 3 is 2.77 bits per heavy atom. The first-order chi connectivity index (χ1) is 10.3. The molecule has 2 rings (SSSR count). The molecule has 0 saturated carbocycles. The number of aryl methyl sites for hydroxylation is 1. The average molecular weight is 322 g/mol. The van der Waals surface area contributed by atoms with Crippen molar-refractivity contribution in [1.82, 2.24) is 14.6 Å². The van der Waals surface area contributed by atoms with Crippen LogP contribution in [0.4, 0.5) is 5.13 Å². The van der Waals surface area contributed by atoms with Crippen molar-refractivity contribution in [3.63, 3.8) is 0 Å². The second-order valence-corrected chi connectivity index (χ2v) is 8.04. The minimum Gasteiger partial charge on any atom is -0.358 e. The van der Waals surface area contributed by atoms with Gasteiger partial charge in [-0.2, -0.15) is 4.52 Å². The van der Waals surface area contributed by atoms with E-state index < -0.39 is 0 Å². The summed E-state index contributed by atoms with van der Waals surface area (Å²) in [5.41, 5.74) is 1.08. The lowest BCUT2D eigenvalue weighted by molar-refractivity contribution is 0.357. The SMILES string of the molecule is CCCc1cc(=O)n2nc(NC(C)CCC(C)(C)C)sc2n1. The van der Waals surface area contributed by atoms with Crippen LogP contribution in [0.3, 0.4) is 0 Å². The van der Waals surface area contributed by atoms with E-state index in [1.165, 1.54) is 15.9 Å². The van der Waals surface area contributed by atoms with Gasteiger partial charge in [0.25, 0.3) is 5.56 Å². The summed E-state index contributed by atoms with van der Waals surface area (Å²) in [7, 11) is 0. The summed E-state index contributed by atoms with van der Waals surface area (Å²) in [4.78, 5) is 17.3. The largest absolute Gasteiger partial charge is 0.358 e. The van der Waals surface area contributed by atoms with E-state index in [9.17, 15) is 4.79 Å². The van der Waals surface area contributed by atoms with Crippen LogP contribution in [-0.2, 0) is 6.42 Å². The van der Waals surface area contributed by atoms with E-state index in [0.717, 1.165) is 36.5 Å². The number of rotatable bonds is 6. The summed E-state index contributed by atoms with van der Waals surface area (Å²) < 4.78 is 1.39. The molecule has 0 fully saturated rings. The zero-order chi connectivity index (χ0) is 16.3. The summed E-state index contributed by atoms with van der Waals surface area (Å²) in [5, 5.41) is 8.50. The Kier molecular flexibility index (Phi) is 5.21. The van der Waals surface area contributed by atoms with Crippen LogP contribution < -0.4 is 10.9 Å². The normalized spacial score (nSPS) is 13.5. The number of hydrogen-bond acceptors (Lipinski definition) is 5. The monoisotopic (exact) mass is 322 g/mol. The van der Waals surface area contributed by atoms with E-state index in [1.54, 1.807) is 6.07 Å². The molecule has 0 aliphatic carbocycles. The summed E-state index contributed by atoms with van der Waals surface area (Å²) in [6, 6.07) is 1.91. The molecule has 0 aliphatic rings. The molecule has 0 spiro atoms. The molecule has 2 aromatic heterocycles. The Hall–Kier alpha value is -1.43. The van der Waals surface area contributed by atoms with Crippen LogP contribution in [0.15, 0.2) is 10.9 Å². The topological polar surface area (TPSA) is 59.3 Å². The Morgan fingerprint density at radius 2 is 2.14 bits per heavy atom. The van der Waals surface area contributed by atoms with E-state index in [0.29, 0.717) is 16.4 Å². The quantitative estimate of drug-likeness (QED) is 0.880. The van der Waals surface area contributed by atoms with Crippen LogP contribution >= 0.6 is 11.3 Å². The molecule has 22 heavy (non-hydrogen) atoms. The molecular formula is C16H26N4OS. The second kappa shape index (κ2) is 6.77. The fourth-order valence-corrected chi connectivity index (χ4v) is 3.17. The van der Waals surface area contributed by atoms with Crippen molar-refractivity contribution in [1.29, 1.82) is 0 Å². The summed E-state index contributed by atoms with van der Waals surface area (Å²) in [6.07, 6.45) is 4.03. The average Bonchev–Trinajstić information content (AvgIpc) is 2.79. The van der Waals surface area contributed by atoms with Crippen molar-refractivity contribution < 1.29 is 0 Å². The zero-order valence-electron chi connectivity index (χ0n) is 14.1. The van der Waals surface area contributed by atoms with Crippen LogP contribution in [0.25, 0.3) is 4.96 Å². The summed E-state index contributed by atoms with van der Waals surface area (Å²) >= 11 is 1.44. The molecule has 2 aromatic rings. The van der Waals surface area contributed by atoms with Crippen LogP contribution in [0.2, 0.25) is 0 Å². The van der Waals surface area contributed by atoms with Gasteiger partial charge < -0.3 is 5.32 Å².